The van der Waals surface area contributed by atoms with Gasteiger partial charge in [0.1, 0.15) is 11.4 Å². The van der Waals surface area contributed by atoms with E-state index in [1.54, 1.807) is 25.3 Å². The molecule has 2 amide bonds. The fourth-order valence-electron chi connectivity index (χ4n) is 6.48. The summed E-state index contributed by atoms with van der Waals surface area (Å²) in [4.78, 5) is 43.4. The van der Waals surface area contributed by atoms with E-state index in [1.165, 1.54) is 11.0 Å². The normalized spacial score (nSPS) is 26.8. The van der Waals surface area contributed by atoms with Crippen LogP contribution in [0.5, 0.6) is 5.75 Å². The van der Waals surface area contributed by atoms with Gasteiger partial charge in [-0.1, -0.05) is 23.8 Å². The molecule has 10 heteroatoms. The molecule has 2 heterocycles. The maximum atomic E-state index is 13.2. The van der Waals surface area contributed by atoms with Crippen LogP contribution in [0.4, 0.5) is 17.1 Å². The molecule has 6 rings (SSSR count). The summed E-state index contributed by atoms with van der Waals surface area (Å²) in [6.45, 7) is 3.28. The van der Waals surface area contributed by atoms with Gasteiger partial charge in [0.15, 0.2) is 0 Å². The second-order valence-corrected chi connectivity index (χ2v) is 10.6. The second kappa shape index (κ2) is 9.15. The molecular formula is C27H27ClN4O5. The van der Waals surface area contributed by atoms with Crippen molar-refractivity contribution in [1.29, 1.82) is 0 Å². The van der Waals surface area contributed by atoms with Crippen molar-refractivity contribution in [3.8, 4) is 5.75 Å². The van der Waals surface area contributed by atoms with Crippen molar-refractivity contribution in [2.24, 2.45) is 23.7 Å². The average Bonchev–Trinajstić information content (AvgIpc) is 3.58. The predicted molar refractivity (Wildman–Crippen MR) is 139 cm³/mol. The third-order valence-electron chi connectivity index (χ3n) is 8.23. The number of carbonyl (C=O) groups is 2. The van der Waals surface area contributed by atoms with E-state index in [9.17, 15) is 19.7 Å². The number of anilines is 2. The van der Waals surface area contributed by atoms with Crippen molar-refractivity contribution in [1.82, 2.24) is 4.90 Å². The summed E-state index contributed by atoms with van der Waals surface area (Å²) in [6, 6.07) is 10.3. The minimum absolute atomic E-state index is 0.0916. The Morgan fingerprint density at radius 2 is 1.68 bits per heavy atom. The first-order valence-electron chi connectivity index (χ1n) is 12.5. The number of rotatable bonds is 6. The second-order valence-electron chi connectivity index (χ2n) is 10.2. The molecule has 37 heavy (non-hydrogen) atoms. The molecule has 4 aliphatic rings. The number of nitro groups is 1. The Labute approximate surface area is 219 Å². The molecule has 0 aromatic heterocycles. The summed E-state index contributed by atoms with van der Waals surface area (Å²) in [5.41, 5.74) is 1.68. The third-order valence-corrected chi connectivity index (χ3v) is 8.47. The highest BCUT2D eigenvalue weighted by Crippen LogP contribution is 2.53. The Kier molecular flexibility index (Phi) is 5.92. The van der Waals surface area contributed by atoms with Crippen LogP contribution in [0.2, 0.25) is 5.02 Å². The van der Waals surface area contributed by atoms with Crippen LogP contribution >= 0.6 is 11.6 Å². The lowest BCUT2D eigenvalue weighted by Crippen LogP contribution is -2.46. The van der Waals surface area contributed by atoms with Gasteiger partial charge in [-0.3, -0.25) is 24.6 Å². The van der Waals surface area contributed by atoms with Crippen molar-refractivity contribution in [3.63, 3.8) is 0 Å². The first-order chi connectivity index (χ1) is 17.9. The number of benzene rings is 2. The number of allylic oxidation sites excluding steroid dienone is 2. The summed E-state index contributed by atoms with van der Waals surface area (Å²) in [6.07, 6.45) is 4.91. The molecule has 192 valence electrons. The highest BCUT2D eigenvalue weighted by atomic mass is 35.5. The maximum absolute atomic E-state index is 13.2. The Hall–Kier alpha value is -3.43. The molecule has 1 saturated carbocycles. The third kappa shape index (κ3) is 3.97. The van der Waals surface area contributed by atoms with Crippen LogP contribution in [0.1, 0.15) is 12.0 Å². The SMILES string of the molecule is COc1ccc(Cl)cc1CN1CCN(c2ccc(N3C(=O)[C@@H]4[C@@H](C3=O)[C@H]3C=C[C@H]4C3)cc2[N+](=O)[O-])CC1. The van der Waals surface area contributed by atoms with E-state index in [0.717, 1.165) is 17.7 Å². The molecule has 2 saturated heterocycles. The fraction of sp³-hybridized carbons (Fsp3) is 0.407. The zero-order valence-electron chi connectivity index (χ0n) is 20.4. The average molecular weight is 523 g/mol. The molecule has 2 aliphatic carbocycles. The van der Waals surface area contributed by atoms with Crippen molar-refractivity contribution >= 4 is 40.5 Å². The number of hydrogen-bond donors (Lipinski definition) is 0. The maximum Gasteiger partial charge on any atom is 0.294 e. The zero-order valence-corrected chi connectivity index (χ0v) is 21.1. The molecule has 9 nitrogen and oxygen atoms in total. The van der Waals surface area contributed by atoms with Crippen LogP contribution in [-0.2, 0) is 16.1 Å². The molecule has 0 N–H and O–H groups in total. The van der Waals surface area contributed by atoms with Gasteiger partial charge in [0.2, 0.25) is 11.8 Å². The monoisotopic (exact) mass is 522 g/mol. The van der Waals surface area contributed by atoms with E-state index in [0.29, 0.717) is 43.4 Å². The highest BCUT2D eigenvalue weighted by molar-refractivity contribution is 6.30. The van der Waals surface area contributed by atoms with Crippen molar-refractivity contribution in [2.45, 2.75) is 13.0 Å². The lowest BCUT2D eigenvalue weighted by Gasteiger charge is -2.36. The van der Waals surface area contributed by atoms with Crippen LogP contribution in [0.3, 0.4) is 0 Å². The van der Waals surface area contributed by atoms with Gasteiger partial charge in [0.25, 0.3) is 5.69 Å². The molecule has 2 bridgehead atoms. The Balaban J connectivity index is 1.19. The number of piperazine rings is 1. The van der Waals surface area contributed by atoms with Gasteiger partial charge in [0.05, 0.1) is 29.6 Å². The van der Waals surface area contributed by atoms with Gasteiger partial charge in [-0.05, 0) is 48.6 Å². The van der Waals surface area contributed by atoms with E-state index in [4.69, 9.17) is 16.3 Å². The van der Waals surface area contributed by atoms with Gasteiger partial charge < -0.3 is 9.64 Å². The van der Waals surface area contributed by atoms with E-state index in [1.807, 2.05) is 29.2 Å². The van der Waals surface area contributed by atoms with E-state index in [-0.39, 0.29) is 46.9 Å². The molecular weight excluding hydrogens is 496 g/mol. The van der Waals surface area contributed by atoms with Crippen LogP contribution in [0.25, 0.3) is 0 Å². The molecule has 2 aromatic rings. The number of amides is 2. The summed E-state index contributed by atoms with van der Waals surface area (Å²) in [5, 5.41) is 12.7. The lowest BCUT2D eigenvalue weighted by atomic mass is 9.85. The van der Waals surface area contributed by atoms with E-state index in [2.05, 4.69) is 4.90 Å². The molecule has 0 unspecified atom stereocenters. The van der Waals surface area contributed by atoms with Gasteiger partial charge in [-0.15, -0.1) is 0 Å². The van der Waals surface area contributed by atoms with Crippen molar-refractivity contribution < 1.29 is 19.2 Å². The largest absolute Gasteiger partial charge is 0.496 e. The van der Waals surface area contributed by atoms with Crippen molar-refractivity contribution in [2.75, 3.05) is 43.1 Å². The molecule has 4 atom stereocenters. The van der Waals surface area contributed by atoms with Gasteiger partial charge >= 0.3 is 0 Å². The number of imide groups is 1. The van der Waals surface area contributed by atoms with Crippen LogP contribution in [0, 0.1) is 33.8 Å². The van der Waals surface area contributed by atoms with Gasteiger partial charge in [-0.25, -0.2) is 4.90 Å². The summed E-state index contributed by atoms with van der Waals surface area (Å²) >= 11 is 6.17. The number of hydrogen-bond acceptors (Lipinski definition) is 7. The predicted octanol–water partition coefficient (Wildman–Crippen LogP) is 3.89. The van der Waals surface area contributed by atoms with Gasteiger partial charge in [0, 0.05) is 49.4 Å². The number of carbonyl (C=O) groups excluding carboxylic acids is 2. The zero-order chi connectivity index (χ0) is 25.8. The number of nitro benzene ring substituents is 1. The number of ether oxygens (including phenoxy) is 1. The minimum Gasteiger partial charge on any atom is -0.496 e. The molecule has 0 radical (unpaired) electrons. The van der Waals surface area contributed by atoms with Crippen LogP contribution < -0.4 is 14.5 Å². The summed E-state index contributed by atoms with van der Waals surface area (Å²) in [7, 11) is 1.63. The smallest absolute Gasteiger partial charge is 0.294 e. The number of fused-ring (bicyclic) bond motifs is 5. The first-order valence-corrected chi connectivity index (χ1v) is 12.9. The number of halogens is 1. The Morgan fingerprint density at radius 1 is 1.00 bits per heavy atom. The summed E-state index contributed by atoms with van der Waals surface area (Å²) < 4.78 is 5.46. The summed E-state index contributed by atoms with van der Waals surface area (Å²) in [5.74, 6) is -0.197. The standard InChI is InChI=1S/C27H27ClN4O5/c1-37-23-7-4-19(28)13-18(23)15-29-8-10-30(11-9-29)21-6-5-20(14-22(21)32(35)36)31-26(33)24-16-2-3-17(12-16)25(24)27(31)34/h2-7,13-14,16-17,24-25H,8-12,15H2,1H3/t16-,17-,24-,25-/m0/s1. The minimum atomic E-state index is -0.431. The molecule has 2 aromatic carbocycles. The highest BCUT2D eigenvalue weighted by Gasteiger charge is 2.59. The molecule has 2 aliphatic heterocycles. The number of methoxy groups -OCH3 is 1. The van der Waals surface area contributed by atoms with Gasteiger partial charge in [-0.2, -0.15) is 0 Å². The van der Waals surface area contributed by atoms with Crippen LogP contribution in [-0.4, -0.2) is 54.9 Å². The molecule has 0 spiro atoms. The Bertz CT molecular complexity index is 1290. The molecule has 3 fully saturated rings. The lowest BCUT2D eigenvalue weighted by molar-refractivity contribution is -0.384. The fourth-order valence-corrected chi connectivity index (χ4v) is 6.67. The van der Waals surface area contributed by atoms with Crippen LogP contribution in [0.15, 0.2) is 48.6 Å². The quantitative estimate of drug-likeness (QED) is 0.246. The number of nitrogens with zero attached hydrogens (tertiary/aromatic N) is 4. The van der Waals surface area contributed by atoms with E-state index >= 15 is 0 Å². The first kappa shape index (κ1) is 23.9. The Morgan fingerprint density at radius 3 is 2.30 bits per heavy atom. The van der Waals surface area contributed by atoms with Crippen molar-refractivity contribution in [3.05, 3.63) is 69.3 Å². The topological polar surface area (TPSA) is 96.2 Å². The van der Waals surface area contributed by atoms with E-state index < -0.39 is 4.92 Å².